The molecule has 126 valence electrons. The van der Waals surface area contributed by atoms with Crippen LogP contribution in [-0.2, 0) is 9.53 Å². The number of hydrogen-bond donors (Lipinski definition) is 2. The summed E-state index contributed by atoms with van der Waals surface area (Å²) in [5.74, 6) is -0.0876. The summed E-state index contributed by atoms with van der Waals surface area (Å²) in [6.07, 6.45) is 5.82. The number of nitrogens with one attached hydrogen (secondary N) is 2. The molecule has 1 aromatic carbocycles. The third-order valence-electron chi connectivity index (χ3n) is 3.95. The average Bonchev–Trinajstić information content (AvgIpc) is 3.07. The fraction of sp³-hybridized carbons (Fsp3) is 0.556. The van der Waals surface area contributed by atoms with Gasteiger partial charge in [0.25, 0.3) is 5.91 Å². The van der Waals surface area contributed by atoms with E-state index in [0.717, 1.165) is 44.4 Å². The third kappa shape index (κ3) is 6.02. The summed E-state index contributed by atoms with van der Waals surface area (Å²) in [6, 6.07) is 6.98. The number of carbonyl (C=O) groups excluding carboxylic acids is 2. The molecule has 2 N–H and O–H groups in total. The SMILES string of the molecule is CCCCCC(=O)Nc1ccc(C(=O)NCC2CCCO2)cc1. The summed E-state index contributed by atoms with van der Waals surface area (Å²) in [5, 5.41) is 5.74. The second-order valence-electron chi connectivity index (χ2n) is 5.93. The average molecular weight is 318 g/mol. The molecule has 1 aromatic rings. The first-order chi connectivity index (χ1) is 11.2. The minimum absolute atomic E-state index is 0.0223. The van der Waals surface area contributed by atoms with E-state index in [-0.39, 0.29) is 17.9 Å². The van der Waals surface area contributed by atoms with Crippen LogP contribution in [0.4, 0.5) is 5.69 Å². The van der Waals surface area contributed by atoms with E-state index >= 15 is 0 Å². The van der Waals surface area contributed by atoms with Gasteiger partial charge < -0.3 is 15.4 Å². The van der Waals surface area contributed by atoms with Crippen molar-refractivity contribution in [1.29, 1.82) is 0 Å². The van der Waals surface area contributed by atoms with E-state index in [9.17, 15) is 9.59 Å². The Balaban J connectivity index is 1.76. The molecule has 0 saturated carbocycles. The van der Waals surface area contributed by atoms with Gasteiger partial charge in [0.1, 0.15) is 0 Å². The molecular formula is C18H26N2O3. The molecule has 5 nitrogen and oxygen atoms in total. The first-order valence-electron chi connectivity index (χ1n) is 8.48. The maximum Gasteiger partial charge on any atom is 0.251 e. The van der Waals surface area contributed by atoms with Gasteiger partial charge in [0.05, 0.1) is 6.10 Å². The highest BCUT2D eigenvalue weighted by molar-refractivity contribution is 5.95. The van der Waals surface area contributed by atoms with Crippen LogP contribution in [0.2, 0.25) is 0 Å². The zero-order valence-electron chi connectivity index (χ0n) is 13.8. The van der Waals surface area contributed by atoms with Crippen molar-refractivity contribution >= 4 is 17.5 Å². The van der Waals surface area contributed by atoms with Crippen molar-refractivity contribution in [2.24, 2.45) is 0 Å². The van der Waals surface area contributed by atoms with Crippen molar-refractivity contribution in [2.75, 3.05) is 18.5 Å². The molecule has 1 heterocycles. The van der Waals surface area contributed by atoms with Crippen LogP contribution in [0.15, 0.2) is 24.3 Å². The molecule has 1 unspecified atom stereocenters. The van der Waals surface area contributed by atoms with Gasteiger partial charge in [0.2, 0.25) is 5.91 Å². The quantitative estimate of drug-likeness (QED) is 0.724. The lowest BCUT2D eigenvalue weighted by molar-refractivity contribution is -0.116. The number of rotatable bonds is 8. The van der Waals surface area contributed by atoms with Gasteiger partial charge in [-0.25, -0.2) is 0 Å². The normalized spacial score (nSPS) is 17.0. The van der Waals surface area contributed by atoms with Crippen molar-refractivity contribution < 1.29 is 14.3 Å². The fourth-order valence-corrected chi connectivity index (χ4v) is 2.58. The van der Waals surface area contributed by atoms with Gasteiger partial charge in [-0.05, 0) is 43.5 Å². The minimum atomic E-state index is -0.110. The number of amides is 2. The van der Waals surface area contributed by atoms with Crippen molar-refractivity contribution in [2.45, 2.75) is 51.6 Å². The molecule has 2 amide bonds. The molecule has 0 bridgehead atoms. The van der Waals surface area contributed by atoms with Gasteiger partial charge in [-0.15, -0.1) is 0 Å². The lowest BCUT2D eigenvalue weighted by atomic mass is 10.1. The number of unbranched alkanes of at least 4 members (excludes halogenated alkanes) is 2. The Hall–Kier alpha value is -1.88. The van der Waals surface area contributed by atoms with Gasteiger partial charge in [-0.3, -0.25) is 9.59 Å². The molecule has 2 rings (SSSR count). The molecule has 1 fully saturated rings. The first kappa shape index (κ1) is 17.5. The summed E-state index contributed by atoms with van der Waals surface area (Å²) >= 11 is 0. The predicted octanol–water partition coefficient (Wildman–Crippen LogP) is 3.11. The van der Waals surface area contributed by atoms with Crippen LogP contribution >= 0.6 is 0 Å². The number of hydrogen-bond acceptors (Lipinski definition) is 3. The van der Waals surface area contributed by atoms with E-state index in [2.05, 4.69) is 17.6 Å². The van der Waals surface area contributed by atoms with Crippen LogP contribution in [0.5, 0.6) is 0 Å². The highest BCUT2D eigenvalue weighted by Gasteiger charge is 2.16. The van der Waals surface area contributed by atoms with Gasteiger partial charge >= 0.3 is 0 Å². The van der Waals surface area contributed by atoms with Crippen LogP contribution in [0.25, 0.3) is 0 Å². The highest BCUT2D eigenvalue weighted by atomic mass is 16.5. The Kier molecular flexibility index (Phi) is 7.07. The third-order valence-corrected chi connectivity index (χ3v) is 3.95. The molecule has 1 atom stereocenters. The second kappa shape index (κ2) is 9.30. The van der Waals surface area contributed by atoms with E-state index < -0.39 is 0 Å². The molecule has 23 heavy (non-hydrogen) atoms. The highest BCUT2D eigenvalue weighted by Crippen LogP contribution is 2.13. The minimum Gasteiger partial charge on any atom is -0.376 e. The lowest BCUT2D eigenvalue weighted by Crippen LogP contribution is -2.31. The topological polar surface area (TPSA) is 67.4 Å². The fourth-order valence-electron chi connectivity index (χ4n) is 2.58. The largest absolute Gasteiger partial charge is 0.376 e. The van der Waals surface area contributed by atoms with Crippen molar-refractivity contribution in [3.8, 4) is 0 Å². The summed E-state index contributed by atoms with van der Waals surface area (Å²) in [5.41, 5.74) is 1.31. The summed E-state index contributed by atoms with van der Waals surface area (Å²) < 4.78 is 5.48. The Morgan fingerprint density at radius 2 is 2.00 bits per heavy atom. The van der Waals surface area contributed by atoms with E-state index in [1.54, 1.807) is 24.3 Å². The molecule has 0 spiro atoms. The van der Waals surface area contributed by atoms with E-state index in [1.807, 2.05) is 0 Å². The maximum atomic E-state index is 12.1. The standard InChI is InChI=1S/C18H26N2O3/c1-2-3-4-7-17(21)20-15-10-8-14(9-11-15)18(22)19-13-16-6-5-12-23-16/h8-11,16H,2-7,12-13H2,1H3,(H,19,22)(H,20,21). The van der Waals surface area contributed by atoms with Gasteiger partial charge in [0, 0.05) is 30.8 Å². The monoisotopic (exact) mass is 318 g/mol. The molecule has 0 radical (unpaired) electrons. The van der Waals surface area contributed by atoms with Crippen LogP contribution in [0, 0.1) is 0 Å². The van der Waals surface area contributed by atoms with Crippen LogP contribution in [0.1, 0.15) is 55.8 Å². The first-order valence-corrected chi connectivity index (χ1v) is 8.48. The zero-order chi connectivity index (χ0) is 16.5. The smallest absolute Gasteiger partial charge is 0.251 e. The Morgan fingerprint density at radius 1 is 1.22 bits per heavy atom. The molecule has 0 aliphatic carbocycles. The van der Waals surface area contributed by atoms with Crippen molar-refractivity contribution in [1.82, 2.24) is 5.32 Å². The van der Waals surface area contributed by atoms with E-state index in [0.29, 0.717) is 18.5 Å². The maximum absolute atomic E-state index is 12.1. The predicted molar refractivity (Wildman–Crippen MR) is 90.5 cm³/mol. The molecule has 1 aliphatic heterocycles. The number of ether oxygens (including phenoxy) is 1. The van der Waals surface area contributed by atoms with Crippen LogP contribution in [0.3, 0.4) is 0 Å². The molecule has 0 aromatic heterocycles. The van der Waals surface area contributed by atoms with E-state index in [4.69, 9.17) is 4.74 Å². The van der Waals surface area contributed by atoms with Gasteiger partial charge in [-0.2, -0.15) is 0 Å². The zero-order valence-corrected chi connectivity index (χ0v) is 13.8. The second-order valence-corrected chi connectivity index (χ2v) is 5.93. The van der Waals surface area contributed by atoms with Crippen molar-refractivity contribution in [3.63, 3.8) is 0 Å². The van der Waals surface area contributed by atoms with Gasteiger partial charge in [-0.1, -0.05) is 19.8 Å². The molecular weight excluding hydrogens is 292 g/mol. The summed E-state index contributed by atoms with van der Waals surface area (Å²) in [6.45, 7) is 3.45. The number of benzene rings is 1. The van der Waals surface area contributed by atoms with Gasteiger partial charge in [0.15, 0.2) is 0 Å². The Labute approximate surface area is 137 Å². The molecule has 1 saturated heterocycles. The number of carbonyl (C=O) groups is 2. The number of anilines is 1. The molecule has 5 heteroatoms. The van der Waals surface area contributed by atoms with Crippen LogP contribution in [-0.4, -0.2) is 31.1 Å². The Morgan fingerprint density at radius 3 is 2.65 bits per heavy atom. The molecule has 1 aliphatic rings. The van der Waals surface area contributed by atoms with Crippen LogP contribution < -0.4 is 10.6 Å². The lowest BCUT2D eigenvalue weighted by Gasteiger charge is -2.11. The van der Waals surface area contributed by atoms with E-state index in [1.165, 1.54) is 0 Å². The summed E-state index contributed by atoms with van der Waals surface area (Å²) in [4.78, 5) is 23.8. The summed E-state index contributed by atoms with van der Waals surface area (Å²) in [7, 11) is 0. The van der Waals surface area contributed by atoms with Crippen molar-refractivity contribution in [3.05, 3.63) is 29.8 Å². The Bertz CT molecular complexity index is 508.